The Labute approximate surface area is 131 Å². The van der Waals surface area contributed by atoms with Crippen molar-refractivity contribution in [2.24, 2.45) is 0 Å². The van der Waals surface area contributed by atoms with Crippen molar-refractivity contribution < 1.29 is 0 Å². The Morgan fingerprint density at radius 2 is 1.79 bits per heavy atom. The van der Waals surface area contributed by atoms with Crippen LogP contribution in [0.5, 0.6) is 0 Å². The highest BCUT2D eigenvalue weighted by Gasteiger charge is 2.23. The van der Waals surface area contributed by atoms with E-state index in [-0.39, 0.29) is 5.41 Å². The Kier molecular flexibility index (Phi) is 4.19. The lowest BCUT2D eigenvalue weighted by Gasteiger charge is -2.20. The Hall–Kier alpha value is -0.640. The average Bonchev–Trinajstić information content (AvgIpc) is 2.31. The van der Waals surface area contributed by atoms with E-state index in [0.29, 0.717) is 16.0 Å². The summed E-state index contributed by atoms with van der Waals surface area (Å²) in [5, 5.41) is 1.06. The molecule has 0 fully saturated rings. The topological polar surface area (TPSA) is 25.8 Å². The summed E-state index contributed by atoms with van der Waals surface area (Å²) in [6, 6.07) is 7.43. The highest BCUT2D eigenvalue weighted by Crippen LogP contribution is 2.34. The fraction of sp³-hybridized carbons (Fsp3) is 0.286. The second kappa shape index (κ2) is 5.39. The third kappa shape index (κ3) is 3.28. The van der Waals surface area contributed by atoms with E-state index in [1.54, 1.807) is 0 Å². The van der Waals surface area contributed by atoms with Gasteiger partial charge in [-0.25, -0.2) is 9.97 Å². The van der Waals surface area contributed by atoms with Gasteiger partial charge in [-0.3, -0.25) is 0 Å². The molecule has 0 saturated carbocycles. The van der Waals surface area contributed by atoms with Crippen molar-refractivity contribution in [2.45, 2.75) is 26.2 Å². The first-order valence-electron chi connectivity index (χ1n) is 5.78. The lowest BCUT2D eigenvalue weighted by atomic mass is 9.92. The van der Waals surface area contributed by atoms with E-state index in [0.717, 1.165) is 15.7 Å². The maximum atomic E-state index is 6.18. The predicted molar refractivity (Wildman–Crippen MR) is 83.9 cm³/mol. The van der Waals surface area contributed by atoms with Gasteiger partial charge < -0.3 is 0 Å². The second-order valence-corrected chi connectivity index (χ2v) is 6.85. The summed E-state index contributed by atoms with van der Waals surface area (Å²) in [6.07, 6.45) is 0. The molecule has 19 heavy (non-hydrogen) atoms. The molecule has 0 aliphatic rings. The molecule has 100 valence electrons. The number of benzene rings is 1. The molecule has 0 aliphatic heterocycles. The molecule has 0 atom stereocenters. The number of halogens is 3. The van der Waals surface area contributed by atoms with Crippen LogP contribution in [0.2, 0.25) is 10.2 Å². The normalized spacial score (nSPS) is 11.7. The molecule has 5 heteroatoms. The largest absolute Gasteiger partial charge is 0.231 e. The zero-order chi connectivity index (χ0) is 14.2. The van der Waals surface area contributed by atoms with Gasteiger partial charge in [0.05, 0.1) is 10.2 Å². The van der Waals surface area contributed by atoms with Gasteiger partial charge >= 0.3 is 0 Å². The zero-order valence-electron chi connectivity index (χ0n) is 10.8. The minimum atomic E-state index is -0.126. The van der Waals surface area contributed by atoms with Gasteiger partial charge in [0.25, 0.3) is 0 Å². The Morgan fingerprint density at radius 3 is 2.37 bits per heavy atom. The first-order valence-corrected chi connectivity index (χ1v) is 7.33. The van der Waals surface area contributed by atoms with Gasteiger partial charge in [-0.1, -0.05) is 56.1 Å². The third-order valence-corrected chi connectivity index (χ3v) is 4.09. The quantitative estimate of drug-likeness (QED) is 0.627. The van der Waals surface area contributed by atoms with Gasteiger partial charge in [0.15, 0.2) is 5.82 Å². The fourth-order valence-corrected chi connectivity index (χ4v) is 2.81. The van der Waals surface area contributed by atoms with E-state index in [4.69, 9.17) is 23.2 Å². The number of rotatable bonds is 1. The van der Waals surface area contributed by atoms with Gasteiger partial charge in [-0.05, 0) is 28.1 Å². The van der Waals surface area contributed by atoms with Crippen LogP contribution >= 0.6 is 39.1 Å². The van der Waals surface area contributed by atoms with E-state index in [9.17, 15) is 0 Å². The Morgan fingerprint density at radius 1 is 1.11 bits per heavy atom. The number of nitrogens with zero attached hydrogens (tertiary/aromatic N) is 2. The summed E-state index contributed by atoms with van der Waals surface area (Å²) in [4.78, 5) is 8.92. The summed E-state index contributed by atoms with van der Waals surface area (Å²) in [6.45, 7) is 6.24. The van der Waals surface area contributed by atoms with Gasteiger partial charge in [0.2, 0.25) is 0 Å². The molecule has 2 aromatic rings. The third-order valence-electron chi connectivity index (χ3n) is 2.60. The standard InChI is InChI=1S/C14H13BrCl2N2/c1-14(2,3)11-10(15)12(17)19-13(18-11)8-5-4-6-9(16)7-8/h4-7H,1-3H3. The molecule has 0 bridgehead atoms. The monoisotopic (exact) mass is 358 g/mol. The minimum Gasteiger partial charge on any atom is -0.231 e. The molecule has 0 unspecified atom stereocenters. The first-order chi connectivity index (χ1) is 8.79. The summed E-state index contributed by atoms with van der Waals surface area (Å²) >= 11 is 15.6. The van der Waals surface area contributed by atoms with Crippen molar-refractivity contribution in [3.63, 3.8) is 0 Å². The second-order valence-electron chi connectivity index (χ2n) is 5.26. The lowest BCUT2D eigenvalue weighted by molar-refractivity contribution is 0.564. The van der Waals surface area contributed by atoms with Crippen LogP contribution in [0.15, 0.2) is 28.7 Å². The molecule has 1 aromatic carbocycles. The van der Waals surface area contributed by atoms with Gasteiger partial charge in [0, 0.05) is 16.0 Å². The Balaban J connectivity index is 2.63. The maximum Gasteiger partial charge on any atom is 0.161 e. The summed E-state index contributed by atoms with van der Waals surface area (Å²) in [5.41, 5.74) is 1.61. The van der Waals surface area contributed by atoms with Crippen LogP contribution in [0.1, 0.15) is 26.5 Å². The minimum absolute atomic E-state index is 0.126. The number of hydrogen-bond acceptors (Lipinski definition) is 2. The molecule has 0 saturated heterocycles. The van der Waals surface area contributed by atoms with Gasteiger partial charge in [-0.2, -0.15) is 0 Å². The molecule has 0 N–H and O–H groups in total. The van der Waals surface area contributed by atoms with Gasteiger partial charge in [-0.15, -0.1) is 0 Å². The molecule has 1 aromatic heterocycles. The van der Waals surface area contributed by atoms with Gasteiger partial charge in [0.1, 0.15) is 5.15 Å². The molecule has 1 heterocycles. The molecule has 2 rings (SSSR count). The molecule has 0 amide bonds. The molecule has 0 spiro atoms. The SMILES string of the molecule is CC(C)(C)c1nc(-c2cccc(Cl)c2)nc(Cl)c1Br. The van der Waals surface area contributed by atoms with Crippen molar-refractivity contribution in [3.05, 3.63) is 44.6 Å². The number of hydrogen-bond donors (Lipinski definition) is 0. The van der Waals surface area contributed by atoms with Crippen LogP contribution in [0, 0.1) is 0 Å². The number of aromatic nitrogens is 2. The van der Waals surface area contributed by atoms with E-state index < -0.39 is 0 Å². The van der Waals surface area contributed by atoms with E-state index >= 15 is 0 Å². The molecule has 0 radical (unpaired) electrons. The highest BCUT2D eigenvalue weighted by molar-refractivity contribution is 9.10. The first kappa shape index (κ1) is 14.8. The zero-order valence-corrected chi connectivity index (χ0v) is 13.9. The highest BCUT2D eigenvalue weighted by atomic mass is 79.9. The molecule has 0 aliphatic carbocycles. The van der Waals surface area contributed by atoms with Crippen molar-refractivity contribution in [1.29, 1.82) is 0 Å². The molecular formula is C14H13BrCl2N2. The van der Waals surface area contributed by atoms with E-state index in [2.05, 4.69) is 46.7 Å². The molecular weight excluding hydrogens is 347 g/mol. The molecule has 2 nitrogen and oxygen atoms in total. The lowest BCUT2D eigenvalue weighted by Crippen LogP contribution is -2.16. The van der Waals surface area contributed by atoms with Crippen LogP contribution in [0.25, 0.3) is 11.4 Å². The van der Waals surface area contributed by atoms with Crippen LogP contribution < -0.4 is 0 Å². The van der Waals surface area contributed by atoms with Crippen molar-refractivity contribution >= 4 is 39.1 Å². The van der Waals surface area contributed by atoms with Crippen LogP contribution in [0.3, 0.4) is 0 Å². The summed E-state index contributed by atoms with van der Waals surface area (Å²) in [7, 11) is 0. The van der Waals surface area contributed by atoms with Crippen molar-refractivity contribution in [1.82, 2.24) is 9.97 Å². The predicted octanol–water partition coefficient (Wildman–Crippen LogP) is 5.51. The Bertz CT molecular complexity index is 621. The maximum absolute atomic E-state index is 6.18. The summed E-state index contributed by atoms with van der Waals surface area (Å²) in [5.74, 6) is 0.584. The van der Waals surface area contributed by atoms with Crippen LogP contribution in [0.4, 0.5) is 0 Å². The van der Waals surface area contributed by atoms with Crippen LogP contribution in [-0.2, 0) is 5.41 Å². The van der Waals surface area contributed by atoms with E-state index in [1.807, 2.05) is 24.3 Å². The fourth-order valence-electron chi connectivity index (χ4n) is 1.67. The van der Waals surface area contributed by atoms with Crippen molar-refractivity contribution in [2.75, 3.05) is 0 Å². The van der Waals surface area contributed by atoms with E-state index in [1.165, 1.54) is 0 Å². The summed E-state index contributed by atoms with van der Waals surface area (Å²) < 4.78 is 0.743. The average molecular weight is 360 g/mol. The van der Waals surface area contributed by atoms with Crippen LogP contribution in [-0.4, -0.2) is 9.97 Å². The smallest absolute Gasteiger partial charge is 0.161 e. The van der Waals surface area contributed by atoms with Crippen molar-refractivity contribution in [3.8, 4) is 11.4 Å².